The Kier molecular flexibility index (Phi) is 5.11. The third-order valence-electron chi connectivity index (χ3n) is 6.83. The van der Waals surface area contributed by atoms with Crippen molar-refractivity contribution in [1.29, 1.82) is 0 Å². The van der Waals surface area contributed by atoms with Crippen molar-refractivity contribution in [2.24, 2.45) is 17.3 Å². The minimum absolute atomic E-state index is 0.181. The number of carbonyl (C=O) groups is 2. The molecule has 4 fully saturated rings. The standard InChI is InChI=1S/C22H26F3NO4/c1-13(19(28)26-17-4-2-16(3-5-17)22(23,24)25)30-18(27)11-20-7-14-6-15(8-20)10-21(29,9-14)12-20/h2-5,13-15,29H,6-12H2,1H3,(H,26,28)/t13-,14-,15+,20?,21?/m1/s1. The molecule has 30 heavy (non-hydrogen) atoms. The monoisotopic (exact) mass is 425 g/mol. The Labute approximate surface area is 173 Å². The zero-order chi connectivity index (χ0) is 21.7. The predicted octanol–water partition coefficient (Wildman–Crippen LogP) is 4.30. The van der Waals surface area contributed by atoms with E-state index in [9.17, 15) is 27.9 Å². The maximum atomic E-state index is 12.6. The topological polar surface area (TPSA) is 75.6 Å². The van der Waals surface area contributed by atoms with E-state index in [1.807, 2.05) is 0 Å². The van der Waals surface area contributed by atoms with Gasteiger partial charge in [0.05, 0.1) is 17.6 Å². The molecule has 0 spiro atoms. The second-order valence-electron chi connectivity index (χ2n) is 9.56. The van der Waals surface area contributed by atoms with Gasteiger partial charge in [0.1, 0.15) is 0 Å². The molecule has 1 aromatic rings. The van der Waals surface area contributed by atoms with Gasteiger partial charge in [-0.2, -0.15) is 13.2 Å². The molecular weight excluding hydrogens is 399 g/mol. The largest absolute Gasteiger partial charge is 0.453 e. The molecule has 5 rings (SSSR count). The molecule has 2 unspecified atom stereocenters. The van der Waals surface area contributed by atoms with Gasteiger partial charge in [-0.15, -0.1) is 0 Å². The molecule has 5 atom stereocenters. The minimum Gasteiger partial charge on any atom is -0.453 e. The lowest BCUT2D eigenvalue weighted by Gasteiger charge is -2.60. The minimum atomic E-state index is -4.45. The Bertz CT molecular complexity index is 822. The molecule has 0 aromatic heterocycles. The summed E-state index contributed by atoms with van der Waals surface area (Å²) in [5.74, 6) is -0.184. The van der Waals surface area contributed by atoms with Gasteiger partial charge in [0, 0.05) is 5.69 Å². The van der Waals surface area contributed by atoms with Crippen molar-refractivity contribution < 1.29 is 32.6 Å². The Hall–Kier alpha value is -2.09. The van der Waals surface area contributed by atoms with E-state index in [0.717, 1.165) is 56.4 Å². The van der Waals surface area contributed by atoms with E-state index in [1.165, 1.54) is 6.92 Å². The maximum Gasteiger partial charge on any atom is 0.416 e. The highest BCUT2D eigenvalue weighted by atomic mass is 19.4. The van der Waals surface area contributed by atoms with E-state index in [1.54, 1.807) is 0 Å². The first-order valence-electron chi connectivity index (χ1n) is 10.4. The molecular formula is C22H26F3NO4. The Morgan fingerprint density at radius 3 is 2.30 bits per heavy atom. The van der Waals surface area contributed by atoms with E-state index < -0.39 is 35.3 Å². The lowest BCUT2D eigenvalue weighted by molar-refractivity contribution is -0.179. The molecule has 0 heterocycles. The van der Waals surface area contributed by atoms with Gasteiger partial charge in [-0.1, -0.05) is 0 Å². The number of benzene rings is 1. The average Bonchev–Trinajstić information content (AvgIpc) is 2.58. The first kappa shape index (κ1) is 21.2. The Balaban J connectivity index is 1.32. The Morgan fingerprint density at radius 1 is 1.17 bits per heavy atom. The van der Waals surface area contributed by atoms with Crippen LogP contribution < -0.4 is 5.32 Å². The van der Waals surface area contributed by atoms with Crippen LogP contribution in [0.3, 0.4) is 0 Å². The van der Waals surface area contributed by atoms with Crippen LogP contribution in [-0.4, -0.2) is 28.7 Å². The van der Waals surface area contributed by atoms with E-state index in [0.29, 0.717) is 18.3 Å². The molecule has 8 heteroatoms. The lowest BCUT2D eigenvalue weighted by Crippen LogP contribution is -2.56. The van der Waals surface area contributed by atoms with Crippen LogP contribution in [0.1, 0.15) is 57.4 Å². The number of ether oxygens (including phenoxy) is 1. The first-order valence-corrected chi connectivity index (χ1v) is 10.4. The van der Waals surface area contributed by atoms with Crippen molar-refractivity contribution in [1.82, 2.24) is 0 Å². The summed E-state index contributed by atoms with van der Waals surface area (Å²) in [7, 11) is 0. The third-order valence-corrected chi connectivity index (χ3v) is 6.83. The molecule has 164 valence electrons. The van der Waals surface area contributed by atoms with Crippen LogP contribution in [0.15, 0.2) is 24.3 Å². The number of halogens is 3. The van der Waals surface area contributed by atoms with Gasteiger partial charge in [-0.3, -0.25) is 9.59 Å². The second-order valence-corrected chi connectivity index (χ2v) is 9.56. The quantitative estimate of drug-likeness (QED) is 0.690. The van der Waals surface area contributed by atoms with Crippen molar-refractivity contribution in [3.8, 4) is 0 Å². The summed E-state index contributed by atoms with van der Waals surface area (Å²) in [5, 5.41) is 13.3. The zero-order valence-electron chi connectivity index (χ0n) is 16.8. The van der Waals surface area contributed by atoms with Crippen molar-refractivity contribution >= 4 is 17.6 Å². The van der Waals surface area contributed by atoms with Gasteiger partial charge in [0.25, 0.3) is 5.91 Å². The number of rotatable bonds is 5. The summed E-state index contributed by atoms with van der Waals surface area (Å²) >= 11 is 0. The molecule has 0 aliphatic heterocycles. The molecule has 4 aliphatic carbocycles. The fourth-order valence-corrected chi connectivity index (χ4v) is 6.19. The van der Waals surface area contributed by atoms with Crippen LogP contribution in [0.4, 0.5) is 18.9 Å². The highest BCUT2D eigenvalue weighted by molar-refractivity contribution is 5.95. The molecule has 4 aliphatic rings. The maximum absolute atomic E-state index is 12.6. The fourth-order valence-electron chi connectivity index (χ4n) is 6.19. The van der Waals surface area contributed by atoms with Gasteiger partial charge < -0.3 is 15.2 Å². The van der Waals surface area contributed by atoms with Crippen molar-refractivity contribution in [3.63, 3.8) is 0 Å². The van der Waals surface area contributed by atoms with E-state index >= 15 is 0 Å². The average molecular weight is 425 g/mol. The first-order chi connectivity index (χ1) is 14.0. The highest BCUT2D eigenvalue weighted by Gasteiger charge is 2.57. The van der Waals surface area contributed by atoms with Gasteiger partial charge in [0.15, 0.2) is 6.10 Å². The SMILES string of the molecule is C[C@@H](OC(=O)CC12C[C@@H]3C[C@@H](CC(O)(C3)C1)C2)C(=O)Nc1ccc(C(F)(F)F)cc1. The lowest BCUT2D eigenvalue weighted by atomic mass is 9.47. The van der Waals surface area contributed by atoms with E-state index in [4.69, 9.17) is 4.74 Å². The molecule has 4 saturated carbocycles. The van der Waals surface area contributed by atoms with Crippen molar-refractivity contribution in [2.45, 2.75) is 69.8 Å². The fraction of sp³-hybridized carbons (Fsp3) is 0.636. The summed E-state index contributed by atoms with van der Waals surface area (Å²) in [6, 6.07) is 4.07. The van der Waals surface area contributed by atoms with E-state index in [2.05, 4.69) is 5.32 Å². The molecule has 5 nitrogen and oxygen atoms in total. The number of anilines is 1. The normalized spacial score (nSPS) is 33.2. The summed E-state index contributed by atoms with van der Waals surface area (Å²) in [4.78, 5) is 24.8. The number of nitrogens with one attached hydrogen (secondary N) is 1. The number of alkyl halides is 3. The predicted molar refractivity (Wildman–Crippen MR) is 102 cm³/mol. The molecule has 2 N–H and O–H groups in total. The van der Waals surface area contributed by atoms with Crippen LogP contribution in [0, 0.1) is 17.3 Å². The number of hydrogen-bond donors (Lipinski definition) is 2. The number of carbonyl (C=O) groups excluding carboxylic acids is 2. The number of aliphatic hydroxyl groups is 1. The van der Waals surface area contributed by atoms with Gasteiger partial charge in [-0.05, 0) is 87.0 Å². The Morgan fingerprint density at radius 2 is 1.77 bits per heavy atom. The van der Waals surface area contributed by atoms with Crippen LogP contribution in [-0.2, 0) is 20.5 Å². The van der Waals surface area contributed by atoms with Crippen LogP contribution in [0.5, 0.6) is 0 Å². The van der Waals surface area contributed by atoms with Crippen LogP contribution >= 0.6 is 0 Å². The number of amides is 1. The molecule has 0 saturated heterocycles. The summed E-state index contributed by atoms with van der Waals surface area (Å²) in [6.45, 7) is 1.44. The molecule has 1 aromatic carbocycles. The smallest absolute Gasteiger partial charge is 0.416 e. The zero-order valence-corrected chi connectivity index (χ0v) is 16.8. The summed E-state index contributed by atoms with van der Waals surface area (Å²) in [5.41, 5.74) is -1.54. The molecule has 1 amide bonds. The van der Waals surface area contributed by atoms with Gasteiger partial charge in [-0.25, -0.2) is 0 Å². The molecule has 4 bridgehead atoms. The summed E-state index contributed by atoms with van der Waals surface area (Å²) in [6.07, 6.45) is -0.176. The van der Waals surface area contributed by atoms with Crippen molar-refractivity contribution in [3.05, 3.63) is 29.8 Å². The van der Waals surface area contributed by atoms with Crippen LogP contribution in [0.2, 0.25) is 0 Å². The second kappa shape index (κ2) is 7.25. The van der Waals surface area contributed by atoms with Gasteiger partial charge in [0.2, 0.25) is 0 Å². The molecule has 0 radical (unpaired) electrons. The van der Waals surface area contributed by atoms with Gasteiger partial charge >= 0.3 is 12.1 Å². The van der Waals surface area contributed by atoms with Crippen molar-refractivity contribution in [2.75, 3.05) is 5.32 Å². The summed E-state index contributed by atoms with van der Waals surface area (Å²) < 4.78 is 43.2. The highest BCUT2D eigenvalue weighted by Crippen LogP contribution is 2.62. The number of esters is 1. The van der Waals surface area contributed by atoms with Crippen LogP contribution in [0.25, 0.3) is 0 Å². The third kappa shape index (κ3) is 4.33. The number of hydrogen-bond acceptors (Lipinski definition) is 4. The van der Waals surface area contributed by atoms with E-state index in [-0.39, 0.29) is 17.5 Å².